The van der Waals surface area contributed by atoms with Gasteiger partial charge in [0.2, 0.25) is 0 Å². The number of aromatic nitrogens is 2. The van der Waals surface area contributed by atoms with Crippen LogP contribution >= 0.6 is 15.9 Å². The Balaban J connectivity index is 2.52. The van der Waals surface area contributed by atoms with Crippen molar-refractivity contribution in [1.29, 1.82) is 0 Å². The van der Waals surface area contributed by atoms with Crippen molar-refractivity contribution in [3.8, 4) is 0 Å². The maximum atomic E-state index is 12.2. The maximum Gasteiger partial charge on any atom is 0.342 e. The van der Waals surface area contributed by atoms with E-state index in [0.717, 1.165) is 28.8 Å². The number of carbonyl (C=O) groups excluding carboxylic acids is 1. The fourth-order valence-electron chi connectivity index (χ4n) is 2.13. The third-order valence-corrected chi connectivity index (χ3v) is 3.92. The highest BCUT2D eigenvalue weighted by Crippen LogP contribution is 2.33. The Labute approximate surface area is 132 Å². The number of benzene rings is 1. The van der Waals surface area contributed by atoms with E-state index in [1.807, 2.05) is 32.1 Å². The summed E-state index contributed by atoms with van der Waals surface area (Å²) in [4.78, 5) is 23.6. The molecule has 1 aromatic heterocycles. The number of hydrogen-bond acceptors (Lipinski definition) is 5. The minimum atomic E-state index is -0.372. The Morgan fingerprint density at radius 2 is 2.10 bits per heavy atom. The van der Waals surface area contributed by atoms with Gasteiger partial charge >= 0.3 is 5.97 Å². The quantitative estimate of drug-likeness (QED) is 0.833. The summed E-state index contributed by atoms with van der Waals surface area (Å²) in [5.41, 5.74) is 2.73. The Kier molecular flexibility index (Phi) is 4.84. The van der Waals surface area contributed by atoms with E-state index in [2.05, 4.69) is 30.8 Å². The van der Waals surface area contributed by atoms with E-state index < -0.39 is 0 Å². The van der Waals surface area contributed by atoms with Crippen molar-refractivity contribution in [3.05, 3.63) is 22.4 Å². The number of methoxy groups -OCH3 is 1. The van der Waals surface area contributed by atoms with Gasteiger partial charge in [0, 0.05) is 24.6 Å². The van der Waals surface area contributed by atoms with Crippen molar-refractivity contribution in [1.82, 2.24) is 14.9 Å². The highest BCUT2D eigenvalue weighted by molar-refractivity contribution is 9.10. The molecule has 21 heavy (non-hydrogen) atoms. The SMILES string of the molecule is COC(=O)c1c(N(C)CCN(C)C)cc(Br)c2nc[nH]c12. The van der Waals surface area contributed by atoms with Crippen molar-refractivity contribution >= 4 is 38.6 Å². The van der Waals surface area contributed by atoms with Gasteiger partial charge in [-0.15, -0.1) is 0 Å². The number of likely N-dealkylation sites (N-methyl/N-ethyl adjacent to an activating group) is 2. The topological polar surface area (TPSA) is 61.5 Å². The minimum absolute atomic E-state index is 0.372. The number of ether oxygens (including phenoxy) is 1. The number of rotatable bonds is 5. The second kappa shape index (κ2) is 6.44. The van der Waals surface area contributed by atoms with E-state index in [4.69, 9.17) is 4.74 Å². The summed E-state index contributed by atoms with van der Waals surface area (Å²) in [5.74, 6) is -0.372. The lowest BCUT2D eigenvalue weighted by Gasteiger charge is -2.24. The number of nitrogens with one attached hydrogen (secondary N) is 1. The van der Waals surface area contributed by atoms with Crippen LogP contribution in [0, 0.1) is 0 Å². The second-order valence-electron chi connectivity index (χ2n) is 5.10. The predicted molar refractivity (Wildman–Crippen MR) is 87.0 cm³/mol. The molecular formula is C14H19BrN4O2. The van der Waals surface area contributed by atoms with Gasteiger partial charge in [-0.05, 0) is 36.1 Å². The molecule has 0 aliphatic heterocycles. The van der Waals surface area contributed by atoms with Crippen molar-refractivity contribution in [2.24, 2.45) is 0 Å². The predicted octanol–water partition coefficient (Wildman–Crippen LogP) is 2.11. The highest BCUT2D eigenvalue weighted by Gasteiger charge is 2.22. The zero-order valence-electron chi connectivity index (χ0n) is 12.6. The smallest absolute Gasteiger partial charge is 0.342 e. The van der Waals surface area contributed by atoms with Gasteiger partial charge < -0.3 is 19.5 Å². The van der Waals surface area contributed by atoms with Gasteiger partial charge in [-0.3, -0.25) is 0 Å². The van der Waals surface area contributed by atoms with Gasteiger partial charge in [-0.2, -0.15) is 0 Å². The molecule has 0 amide bonds. The number of carbonyl (C=O) groups is 1. The fraction of sp³-hybridized carbons (Fsp3) is 0.429. The first-order chi connectivity index (χ1) is 9.95. The van der Waals surface area contributed by atoms with Gasteiger partial charge in [0.1, 0.15) is 11.1 Å². The Morgan fingerprint density at radius 1 is 1.38 bits per heavy atom. The second-order valence-corrected chi connectivity index (χ2v) is 5.95. The lowest BCUT2D eigenvalue weighted by molar-refractivity contribution is 0.0603. The van der Waals surface area contributed by atoms with Crippen molar-refractivity contribution < 1.29 is 9.53 Å². The zero-order chi connectivity index (χ0) is 15.6. The van der Waals surface area contributed by atoms with Crippen molar-refractivity contribution in [3.63, 3.8) is 0 Å². The highest BCUT2D eigenvalue weighted by atomic mass is 79.9. The zero-order valence-corrected chi connectivity index (χ0v) is 14.2. The number of anilines is 1. The molecule has 0 fully saturated rings. The molecular weight excluding hydrogens is 336 g/mol. The third kappa shape index (κ3) is 3.19. The van der Waals surface area contributed by atoms with E-state index in [0.29, 0.717) is 11.1 Å². The summed E-state index contributed by atoms with van der Waals surface area (Å²) in [6.45, 7) is 1.68. The number of halogens is 1. The van der Waals surface area contributed by atoms with Crippen LogP contribution in [0.15, 0.2) is 16.9 Å². The first-order valence-corrected chi connectivity index (χ1v) is 7.34. The molecule has 0 radical (unpaired) electrons. The van der Waals surface area contributed by atoms with E-state index in [1.165, 1.54) is 7.11 Å². The largest absolute Gasteiger partial charge is 0.465 e. The van der Waals surface area contributed by atoms with E-state index >= 15 is 0 Å². The number of hydrogen-bond donors (Lipinski definition) is 1. The number of imidazole rings is 1. The van der Waals surface area contributed by atoms with E-state index in [9.17, 15) is 4.79 Å². The first-order valence-electron chi connectivity index (χ1n) is 6.55. The maximum absolute atomic E-state index is 12.2. The first kappa shape index (κ1) is 15.8. The summed E-state index contributed by atoms with van der Waals surface area (Å²) < 4.78 is 5.78. The average molecular weight is 355 g/mol. The average Bonchev–Trinajstić information content (AvgIpc) is 2.93. The molecule has 1 aromatic carbocycles. The molecule has 0 unspecified atom stereocenters. The third-order valence-electron chi connectivity index (χ3n) is 3.32. The summed E-state index contributed by atoms with van der Waals surface area (Å²) >= 11 is 3.51. The number of aromatic amines is 1. The molecule has 0 atom stereocenters. The van der Waals surface area contributed by atoms with Crippen LogP contribution in [-0.4, -0.2) is 62.2 Å². The molecule has 0 saturated carbocycles. The fourth-order valence-corrected chi connectivity index (χ4v) is 2.65. The van der Waals surface area contributed by atoms with Crippen LogP contribution in [0.1, 0.15) is 10.4 Å². The van der Waals surface area contributed by atoms with Crippen molar-refractivity contribution in [2.75, 3.05) is 46.2 Å². The van der Waals surface area contributed by atoms with Crippen molar-refractivity contribution in [2.45, 2.75) is 0 Å². The molecule has 6 nitrogen and oxygen atoms in total. The monoisotopic (exact) mass is 354 g/mol. The molecule has 114 valence electrons. The van der Waals surface area contributed by atoms with Gasteiger partial charge in [-0.25, -0.2) is 9.78 Å². The Bertz CT molecular complexity index is 654. The summed E-state index contributed by atoms with van der Waals surface area (Å²) in [5, 5.41) is 0. The molecule has 1 heterocycles. The van der Waals surface area contributed by atoms with Crippen LogP contribution in [0.2, 0.25) is 0 Å². The molecule has 2 rings (SSSR count). The van der Waals surface area contributed by atoms with Crippen LogP contribution in [0.3, 0.4) is 0 Å². The molecule has 7 heteroatoms. The van der Waals surface area contributed by atoms with Crippen LogP contribution in [0.25, 0.3) is 11.0 Å². The van der Waals surface area contributed by atoms with Crippen LogP contribution in [0.5, 0.6) is 0 Å². The lowest BCUT2D eigenvalue weighted by Crippen LogP contribution is -2.29. The van der Waals surface area contributed by atoms with Crippen LogP contribution < -0.4 is 4.90 Å². The van der Waals surface area contributed by atoms with Gasteiger partial charge in [0.25, 0.3) is 0 Å². The Morgan fingerprint density at radius 3 is 2.71 bits per heavy atom. The standard InChI is InChI=1S/C14H19BrN4O2/c1-18(2)5-6-19(3)10-7-9(15)12-13(17-8-16-12)11(10)14(20)21-4/h7-8H,5-6H2,1-4H3,(H,16,17). The summed E-state index contributed by atoms with van der Waals surface area (Å²) in [7, 11) is 7.38. The number of H-pyrrole nitrogens is 1. The molecule has 2 aromatic rings. The lowest BCUT2D eigenvalue weighted by atomic mass is 10.1. The number of nitrogens with zero attached hydrogens (tertiary/aromatic N) is 3. The molecule has 0 aliphatic carbocycles. The number of fused-ring (bicyclic) bond motifs is 1. The summed E-state index contributed by atoms with van der Waals surface area (Å²) in [6, 6.07) is 1.91. The molecule has 1 N–H and O–H groups in total. The summed E-state index contributed by atoms with van der Waals surface area (Å²) in [6.07, 6.45) is 1.57. The van der Waals surface area contributed by atoms with E-state index in [1.54, 1.807) is 6.33 Å². The van der Waals surface area contributed by atoms with Gasteiger partial charge in [0.05, 0.1) is 24.6 Å². The molecule has 0 spiro atoms. The van der Waals surface area contributed by atoms with Gasteiger partial charge in [-0.1, -0.05) is 0 Å². The van der Waals surface area contributed by atoms with Crippen LogP contribution in [0.4, 0.5) is 5.69 Å². The molecule has 0 aliphatic rings. The van der Waals surface area contributed by atoms with E-state index in [-0.39, 0.29) is 5.97 Å². The molecule has 0 saturated heterocycles. The van der Waals surface area contributed by atoms with Crippen LogP contribution in [-0.2, 0) is 4.74 Å². The minimum Gasteiger partial charge on any atom is -0.465 e. The van der Waals surface area contributed by atoms with Gasteiger partial charge in [0.15, 0.2) is 0 Å². The number of esters is 1. The Hall–Kier alpha value is -1.60. The molecule has 0 bridgehead atoms. The normalized spacial score (nSPS) is 11.1.